The maximum atomic E-state index is 12.4. The molecule has 0 saturated heterocycles. The minimum absolute atomic E-state index is 0.0232. The average Bonchev–Trinajstić information content (AvgIpc) is 3.19. The molecule has 2 atom stereocenters. The number of carboxylic acids is 2. The first-order valence-electron chi connectivity index (χ1n) is 10.9. The van der Waals surface area contributed by atoms with E-state index in [4.69, 9.17) is 0 Å². The fourth-order valence-electron chi connectivity index (χ4n) is 4.44. The van der Waals surface area contributed by atoms with Gasteiger partial charge in [0.15, 0.2) is 0 Å². The van der Waals surface area contributed by atoms with E-state index in [2.05, 4.69) is 52.7 Å². The van der Waals surface area contributed by atoms with Crippen LogP contribution >= 0.6 is 0 Å². The molecule has 1 aliphatic heterocycles. The number of fused-ring (bicyclic) bond motifs is 2. The van der Waals surface area contributed by atoms with Crippen molar-refractivity contribution in [3.8, 4) is 0 Å². The first kappa shape index (κ1) is 24.1. The van der Waals surface area contributed by atoms with Crippen molar-refractivity contribution in [3.05, 3.63) is 53.8 Å². The van der Waals surface area contributed by atoms with Gasteiger partial charge in [-0.2, -0.15) is 0 Å². The summed E-state index contributed by atoms with van der Waals surface area (Å²) in [6.07, 6.45) is 6.21. The van der Waals surface area contributed by atoms with Gasteiger partial charge >= 0.3 is 6.03 Å². The van der Waals surface area contributed by atoms with Gasteiger partial charge in [-0.1, -0.05) is 18.2 Å². The van der Waals surface area contributed by atoms with Crippen LogP contribution in [0.15, 0.2) is 42.6 Å². The summed E-state index contributed by atoms with van der Waals surface area (Å²) in [6, 6.07) is 6.90. The molecule has 0 radical (unpaired) electrons. The second kappa shape index (κ2) is 10.4. The molecule has 1 aliphatic carbocycles. The Bertz CT molecular complexity index is 1080. The van der Waals surface area contributed by atoms with Gasteiger partial charge in [-0.25, -0.2) is 4.79 Å². The zero-order valence-electron chi connectivity index (χ0n) is 19.0. The number of carboxylic acid groups (broad SMARTS) is 2. The fraction of sp³-hybridized carbons (Fsp3) is 0.375. The Labute approximate surface area is 192 Å². The quantitative estimate of drug-likeness (QED) is 0.608. The standard InChI is InChI=1S/C20H26N4O.C4H4O4/c1-4-24(5-2)20(25)22-14-10-16-15-7-6-8-17-19(15)13(11-21-17)9-18(16)23(3)12-14;5-3(6)1-2-4(7)8/h6-8,10-11,14,18,21H,4-5,9,12H2,1-3H3,(H,22,25);1-2H,(H,5,6)(H,7,8)/p-2/b;2-1-/t14-,18+;/m0./s1. The molecular formula is C24H28N4O5-2. The topological polar surface area (TPSA) is 132 Å². The molecular weight excluding hydrogens is 424 g/mol. The molecule has 0 saturated carbocycles. The summed E-state index contributed by atoms with van der Waals surface area (Å²) in [6.45, 7) is 6.34. The van der Waals surface area contributed by atoms with Gasteiger partial charge < -0.3 is 35.0 Å². The monoisotopic (exact) mass is 452 g/mol. The minimum Gasteiger partial charge on any atom is -0.545 e. The van der Waals surface area contributed by atoms with Crippen molar-refractivity contribution >= 4 is 34.4 Å². The summed E-state index contributed by atoms with van der Waals surface area (Å²) in [5.74, 6) is -3.09. The van der Waals surface area contributed by atoms with Crippen molar-refractivity contribution in [2.75, 3.05) is 26.7 Å². The fourth-order valence-corrected chi connectivity index (χ4v) is 4.44. The third kappa shape index (κ3) is 5.43. The highest BCUT2D eigenvalue weighted by atomic mass is 16.4. The number of H-pyrrole nitrogens is 1. The van der Waals surface area contributed by atoms with Crippen LogP contribution in [0.3, 0.4) is 0 Å². The largest absolute Gasteiger partial charge is 0.545 e. The van der Waals surface area contributed by atoms with Crippen LogP contribution in [0.5, 0.6) is 0 Å². The molecule has 2 heterocycles. The van der Waals surface area contributed by atoms with Gasteiger partial charge in [0.2, 0.25) is 0 Å². The molecule has 176 valence electrons. The number of carbonyl (C=O) groups is 3. The minimum atomic E-state index is -1.55. The summed E-state index contributed by atoms with van der Waals surface area (Å²) >= 11 is 0. The molecule has 2 aliphatic rings. The Morgan fingerprint density at radius 2 is 1.85 bits per heavy atom. The summed E-state index contributed by atoms with van der Waals surface area (Å²) < 4.78 is 0. The molecule has 0 bridgehead atoms. The lowest BCUT2D eigenvalue weighted by atomic mass is 9.81. The van der Waals surface area contributed by atoms with Crippen LogP contribution in [0.2, 0.25) is 0 Å². The number of aromatic amines is 1. The van der Waals surface area contributed by atoms with Gasteiger partial charge in [0, 0.05) is 42.8 Å². The number of likely N-dealkylation sites (N-methyl/N-ethyl adjacent to an activating group) is 1. The van der Waals surface area contributed by atoms with Crippen molar-refractivity contribution in [2.45, 2.75) is 32.4 Å². The molecule has 2 aromatic rings. The molecule has 0 fully saturated rings. The predicted molar refractivity (Wildman–Crippen MR) is 121 cm³/mol. The van der Waals surface area contributed by atoms with E-state index in [1.807, 2.05) is 18.7 Å². The number of carbonyl (C=O) groups excluding carboxylic acids is 3. The average molecular weight is 453 g/mol. The Morgan fingerprint density at radius 3 is 2.45 bits per heavy atom. The third-order valence-electron chi connectivity index (χ3n) is 5.98. The summed E-state index contributed by atoms with van der Waals surface area (Å²) in [5.41, 5.74) is 5.24. The smallest absolute Gasteiger partial charge is 0.317 e. The third-order valence-corrected chi connectivity index (χ3v) is 5.98. The maximum Gasteiger partial charge on any atom is 0.317 e. The molecule has 1 aromatic carbocycles. The van der Waals surface area contributed by atoms with E-state index in [0.29, 0.717) is 18.2 Å². The van der Waals surface area contributed by atoms with E-state index in [1.54, 1.807) is 0 Å². The first-order chi connectivity index (χ1) is 15.7. The highest BCUT2D eigenvalue weighted by Crippen LogP contribution is 2.39. The molecule has 4 rings (SSSR count). The summed E-state index contributed by atoms with van der Waals surface area (Å²) in [5, 5.41) is 23.4. The number of nitrogens with one attached hydrogen (secondary N) is 2. The lowest BCUT2D eigenvalue weighted by Crippen LogP contribution is -2.52. The lowest BCUT2D eigenvalue weighted by molar-refractivity contribution is -0.301. The van der Waals surface area contributed by atoms with Crippen LogP contribution in [-0.4, -0.2) is 71.5 Å². The van der Waals surface area contributed by atoms with Crippen molar-refractivity contribution in [1.29, 1.82) is 0 Å². The SMILES string of the molecule is CCN(CC)C(=O)N[C@H]1C=C2c3cccc4[nH]cc(c34)C[C@H]2N(C)C1.O=C([O-])/C=C\C(=O)[O-]. The number of aromatic nitrogens is 1. The zero-order valence-corrected chi connectivity index (χ0v) is 19.0. The Hall–Kier alpha value is -3.59. The molecule has 0 unspecified atom stereocenters. The molecule has 9 heteroatoms. The summed E-state index contributed by atoms with van der Waals surface area (Å²) in [7, 11) is 2.16. The zero-order chi connectivity index (χ0) is 24.1. The van der Waals surface area contributed by atoms with Crippen LogP contribution in [0.1, 0.15) is 25.0 Å². The van der Waals surface area contributed by atoms with E-state index < -0.39 is 11.9 Å². The first-order valence-corrected chi connectivity index (χ1v) is 10.9. The van der Waals surface area contributed by atoms with E-state index in [9.17, 15) is 24.6 Å². The number of amides is 2. The van der Waals surface area contributed by atoms with Crippen LogP contribution < -0.4 is 15.5 Å². The van der Waals surface area contributed by atoms with Gasteiger partial charge in [0.25, 0.3) is 0 Å². The van der Waals surface area contributed by atoms with E-state index in [-0.39, 0.29) is 12.1 Å². The van der Waals surface area contributed by atoms with E-state index in [0.717, 1.165) is 26.1 Å². The van der Waals surface area contributed by atoms with Gasteiger partial charge in [0.05, 0.1) is 18.0 Å². The maximum absolute atomic E-state index is 12.4. The van der Waals surface area contributed by atoms with Gasteiger partial charge in [-0.3, -0.25) is 4.90 Å². The number of aliphatic carboxylic acids is 2. The van der Waals surface area contributed by atoms with Crippen LogP contribution in [0.25, 0.3) is 16.5 Å². The van der Waals surface area contributed by atoms with Crippen LogP contribution in [0.4, 0.5) is 4.79 Å². The van der Waals surface area contributed by atoms with Crippen molar-refractivity contribution in [1.82, 2.24) is 20.1 Å². The van der Waals surface area contributed by atoms with Crippen molar-refractivity contribution in [3.63, 3.8) is 0 Å². The molecule has 2 N–H and O–H groups in total. The highest BCUT2D eigenvalue weighted by molar-refractivity contribution is 5.98. The normalized spacial score (nSPS) is 19.3. The Balaban J connectivity index is 0.000000331. The molecule has 2 amide bonds. The van der Waals surface area contributed by atoms with Crippen molar-refractivity contribution < 1.29 is 24.6 Å². The van der Waals surface area contributed by atoms with E-state index in [1.165, 1.54) is 27.6 Å². The van der Waals surface area contributed by atoms with E-state index >= 15 is 0 Å². The van der Waals surface area contributed by atoms with Crippen LogP contribution in [-0.2, 0) is 16.0 Å². The van der Waals surface area contributed by atoms with Gasteiger partial charge in [0.1, 0.15) is 0 Å². The highest BCUT2D eigenvalue weighted by Gasteiger charge is 2.34. The Morgan fingerprint density at radius 1 is 1.18 bits per heavy atom. The van der Waals surface area contributed by atoms with Gasteiger partial charge in [-0.05, 0) is 62.2 Å². The number of hydrogen-bond acceptors (Lipinski definition) is 6. The number of benzene rings is 1. The molecule has 0 spiro atoms. The van der Waals surface area contributed by atoms with Crippen LogP contribution in [0, 0.1) is 0 Å². The molecule has 1 aromatic heterocycles. The lowest BCUT2D eigenvalue weighted by Gasteiger charge is -2.40. The van der Waals surface area contributed by atoms with Gasteiger partial charge in [-0.15, -0.1) is 0 Å². The number of nitrogens with zero attached hydrogens (tertiary/aromatic N) is 2. The number of urea groups is 1. The second-order valence-corrected chi connectivity index (χ2v) is 8.02. The molecule has 9 nitrogen and oxygen atoms in total. The molecule has 33 heavy (non-hydrogen) atoms. The summed E-state index contributed by atoms with van der Waals surface area (Å²) in [4.78, 5) is 38.9. The number of hydrogen-bond donors (Lipinski definition) is 2. The number of rotatable bonds is 5. The second-order valence-electron chi connectivity index (χ2n) is 8.02. The predicted octanol–water partition coefficient (Wildman–Crippen LogP) is -0.116. The van der Waals surface area contributed by atoms with Crippen molar-refractivity contribution in [2.24, 2.45) is 0 Å². The Kier molecular flexibility index (Phi) is 7.55.